The van der Waals surface area contributed by atoms with Gasteiger partial charge in [0.25, 0.3) is 0 Å². The number of carbonyl (C=O) groups excluding carboxylic acids is 1. The lowest BCUT2D eigenvalue weighted by atomic mass is 9.89. The maximum atomic E-state index is 12.2. The summed E-state index contributed by atoms with van der Waals surface area (Å²) >= 11 is 0. The van der Waals surface area contributed by atoms with Crippen LogP contribution >= 0.6 is 0 Å². The molecule has 0 radical (unpaired) electrons. The van der Waals surface area contributed by atoms with Crippen LogP contribution < -0.4 is 5.32 Å². The predicted octanol–water partition coefficient (Wildman–Crippen LogP) is 3.05. The molecule has 1 amide bonds. The average molecular weight is 280 g/mol. The molecule has 3 atom stereocenters. The second-order valence-electron chi connectivity index (χ2n) is 7.09. The molecule has 116 valence electrons. The van der Waals surface area contributed by atoms with E-state index in [4.69, 9.17) is 0 Å². The van der Waals surface area contributed by atoms with Gasteiger partial charge in [-0.15, -0.1) is 0 Å². The van der Waals surface area contributed by atoms with Crippen LogP contribution in [0, 0.1) is 17.8 Å². The third-order valence-corrected chi connectivity index (χ3v) is 5.59. The Balaban J connectivity index is 1.81. The van der Waals surface area contributed by atoms with Crippen molar-refractivity contribution in [3.8, 4) is 0 Å². The number of carbonyl (C=O) groups is 1. The van der Waals surface area contributed by atoms with Gasteiger partial charge in [0, 0.05) is 25.6 Å². The highest BCUT2D eigenvalue weighted by Crippen LogP contribution is 2.29. The van der Waals surface area contributed by atoms with Crippen molar-refractivity contribution in [1.82, 2.24) is 10.2 Å². The number of nitrogens with zero attached hydrogens (tertiary/aromatic N) is 1. The fourth-order valence-corrected chi connectivity index (χ4v) is 4.04. The van der Waals surface area contributed by atoms with Crippen molar-refractivity contribution in [3.05, 3.63) is 0 Å². The highest BCUT2D eigenvalue weighted by atomic mass is 16.2. The third kappa shape index (κ3) is 3.97. The van der Waals surface area contributed by atoms with Gasteiger partial charge in [0.1, 0.15) is 0 Å². The fourth-order valence-electron chi connectivity index (χ4n) is 4.04. The zero-order chi connectivity index (χ0) is 14.5. The number of amides is 1. The maximum absolute atomic E-state index is 12.2. The van der Waals surface area contributed by atoms with E-state index in [1.165, 1.54) is 32.1 Å². The molecule has 3 unspecified atom stereocenters. The summed E-state index contributed by atoms with van der Waals surface area (Å²) in [5.74, 6) is 2.62. The first-order chi connectivity index (χ1) is 9.61. The molecule has 20 heavy (non-hydrogen) atoms. The van der Waals surface area contributed by atoms with Gasteiger partial charge >= 0.3 is 0 Å². The van der Waals surface area contributed by atoms with Gasteiger partial charge < -0.3 is 10.2 Å². The van der Waals surface area contributed by atoms with Gasteiger partial charge in [-0.05, 0) is 56.9 Å². The molecular formula is C17H32N2O. The van der Waals surface area contributed by atoms with Gasteiger partial charge in [0.15, 0.2) is 0 Å². The zero-order valence-corrected chi connectivity index (χ0v) is 13.5. The molecule has 1 saturated carbocycles. The summed E-state index contributed by atoms with van der Waals surface area (Å²) in [7, 11) is 2.08. The highest BCUT2D eigenvalue weighted by molar-refractivity contribution is 5.76. The van der Waals surface area contributed by atoms with Crippen molar-refractivity contribution in [3.63, 3.8) is 0 Å². The first-order valence-electron chi connectivity index (χ1n) is 8.57. The predicted molar refractivity (Wildman–Crippen MR) is 83.6 cm³/mol. The quantitative estimate of drug-likeness (QED) is 0.839. The summed E-state index contributed by atoms with van der Waals surface area (Å²) in [6, 6.07) is 0.681. The lowest BCUT2D eigenvalue weighted by Crippen LogP contribution is -2.35. The van der Waals surface area contributed by atoms with Gasteiger partial charge in [-0.2, -0.15) is 0 Å². The Labute approximate surface area is 124 Å². The lowest BCUT2D eigenvalue weighted by Gasteiger charge is -2.25. The molecule has 0 aromatic heterocycles. The Morgan fingerprint density at radius 2 is 2.05 bits per heavy atom. The van der Waals surface area contributed by atoms with Crippen molar-refractivity contribution in [2.24, 2.45) is 17.8 Å². The molecule has 1 aliphatic heterocycles. The standard InChI is InChI=1S/C17H32N2O/c1-13(2)14-7-8-17(20)19(11-9-14)12-10-15-5-4-6-16(15)18-3/h13-16,18H,4-12H2,1-3H3. The minimum Gasteiger partial charge on any atom is -0.343 e. The summed E-state index contributed by atoms with van der Waals surface area (Å²) < 4.78 is 0. The van der Waals surface area contributed by atoms with Crippen LogP contribution in [0.15, 0.2) is 0 Å². The number of hydrogen-bond acceptors (Lipinski definition) is 2. The first-order valence-corrected chi connectivity index (χ1v) is 8.57. The third-order valence-electron chi connectivity index (χ3n) is 5.59. The minimum atomic E-state index is 0.396. The van der Waals surface area contributed by atoms with Crippen LogP contribution in [0.1, 0.15) is 58.8 Å². The Bertz CT molecular complexity index is 316. The molecule has 0 aromatic rings. The number of likely N-dealkylation sites (tertiary alicyclic amines) is 1. The summed E-state index contributed by atoms with van der Waals surface area (Å²) in [6.45, 7) is 6.55. The second kappa shape index (κ2) is 7.44. The van der Waals surface area contributed by atoms with E-state index in [1.54, 1.807) is 0 Å². The molecule has 3 heteroatoms. The number of hydrogen-bond donors (Lipinski definition) is 1. The molecule has 2 fully saturated rings. The second-order valence-corrected chi connectivity index (χ2v) is 7.09. The van der Waals surface area contributed by atoms with Crippen LogP contribution in [0.3, 0.4) is 0 Å². The van der Waals surface area contributed by atoms with Gasteiger partial charge in [0.05, 0.1) is 0 Å². The fraction of sp³-hybridized carbons (Fsp3) is 0.941. The van der Waals surface area contributed by atoms with E-state index in [0.717, 1.165) is 37.8 Å². The summed E-state index contributed by atoms with van der Waals surface area (Å²) in [6.07, 6.45) is 8.23. The van der Waals surface area contributed by atoms with E-state index in [0.29, 0.717) is 17.9 Å². The van der Waals surface area contributed by atoms with Crippen molar-refractivity contribution < 1.29 is 4.79 Å². The Kier molecular flexibility index (Phi) is 5.88. The Hall–Kier alpha value is -0.570. The SMILES string of the molecule is CNC1CCCC1CCN1CCC(C(C)C)CCC1=O. The van der Waals surface area contributed by atoms with E-state index in [1.807, 2.05) is 0 Å². The molecule has 0 aromatic carbocycles. The van der Waals surface area contributed by atoms with Gasteiger partial charge in [-0.25, -0.2) is 0 Å². The van der Waals surface area contributed by atoms with Gasteiger partial charge in [-0.3, -0.25) is 4.79 Å². The van der Waals surface area contributed by atoms with Gasteiger partial charge in [0.2, 0.25) is 5.91 Å². The van der Waals surface area contributed by atoms with E-state index in [9.17, 15) is 4.79 Å². The molecule has 0 spiro atoms. The molecule has 1 N–H and O–H groups in total. The Morgan fingerprint density at radius 1 is 1.25 bits per heavy atom. The van der Waals surface area contributed by atoms with E-state index in [-0.39, 0.29) is 0 Å². The smallest absolute Gasteiger partial charge is 0.222 e. The van der Waals surface area contributed by atoms with Crippen molar-refractivity contribution in [2.45, 2.75) is 64.8 Å². The molecule has 2 aliphatic rings. The Morgan fingerprint density at radius 3 is 2.75 bits per heavy atom. The lowest BCUT2D eigenvalue weighted by molar-refractivity contribution is -0.130. The molecule has 3 nitrogen and oxygen atoms in total. The molecule has 1 aliphatic carbocycles. The molecular weight excluding hydrogens is 248 g/mol. The van der Waals surface area contributed by atoms with Crippen LogP contribution in [0.4, 0.5) is 0 Å². The zero-order valence-electron chi connectivity index (χ0n) is 13.5. The largest absolute Gasteiger partial charge is 0.343 e. The van der Waals surface area contributed by atoms with Crippen LogP contribution in [0.5, 0.6) is 0 Å². The van der Waals surface area contributed by atoms with E-state index in [2.05, 4.69) is 31.1 Å². The highest BCUT2D eigenvalue weighted by Gasteiger charge is 2.28. The minimum absolute atomic E-state index is 0.396. The average Bonchev–Trinajstić information content (AvgIpc) is 2.80. The number of nitrogens with one attached hydrogen (secondary N) is 1. The molecule has 1 saturated heterocycles. The summed E-state index contributed by atoms with van der Waals surface area (Å²) in [4.78, 5) is 14.4. The van der Waals surface area contributed by atoms with Crippen LogP contribution in [-0.4, -0.2) is 37.0 Å². The molecule has 1 heterocycles. The van der Waals surface area contributed by atoms with Crippen LogP contribution in [-0.2, 0) is 4.79 Å². The summed E-state index contributed by atoms with van der Waals surface area (Å²) in [5, 5.41) is 3.44. The van der Waals surface area contributed by atoms with Crippen molar-refractivity contribution in [2.75, 3.05) is 20.1 Å². The van der Waals surface area contributed by atoms with Crippen molar-refractivity contribution >= 4 is 5.91 Å². The van der Waals surface area contributed by atoms with Crippen LogP contribution in [0.25, 0.3) is 0 Å². The normalized spacial score (nSPS) is 31.9. The van der Waals surface area contributed by atoms with E-state index >= 15 is 0 Å². The molecule has 0 bridgehead atoms. The topological polar surface area (TPSA) is 32.3 Å². The van der Waals surface area contributed by atoms with Crippen molar-refractivity contribution in [1.29, 1.82) is 0 Å². The number of rotatable bonds is 5. The summed E-state index contributed by atoms with van der Waals surface area (Å²) in [5.41, 5.74) is 0. The first kappa shape index (κ1) is 15.8. The van der Waals surface area contributed by atoms with E-state index < -0.39 is 0 Å². The monoisotopic (exact) mass is 280 g/mol. The molecule has 2 rings (SSSR count). The van der Waals surface area contributed by atoms with Crippen LogP contribution in [0.2, 0.25) is 0 Å². The maximum Gasteiger partial charge on any atom is 0.222 e. The van der Waals surface area contributed by atoms with Gasteiger partial charge in [-0.1, -0.05) is 20.3 Å².